The fourth-order valence-electron chi connectivity index (χ4n) is 0.506. The van der Waals surface area contributed by atoms with E-state index >= 15 is 0 Å². The average Bonchev–Trinajstić information content (AvgIpc) is 2.01. The molecule has 0 aromatic carbocycles. The number of nitrogens with zero attached hydrogens (tertiary/aromatic N) is 2. The summed E-state index contributed by atoms with van der Waals surface area (Å²) < 4.78 is 117. The largest absolute Gasteiger partial charge is 0.460 e. The number of rotatable bonds is 2. The highest BCUT2D eigenvalue weighted by Gasteiger charge is 2.76. The van der Waals surface area contributed by atoms with Crippen LogP contribution in [0.3, 0.4) is 0 Å². The Morgan fingerprint density at radius 3 is 1.44 bits per heavy atom. The van der Waals surface area contributed by atoms with E-state index < -0.39 is 29.2 Å². The van der Waals surface area contributed by atoms with Gasteiger partial charge in [-0.25, -0.2) is 0 Å². The maximum Gasteiger partial charge on any atom is 0.460 e. The molecule has 0 rings (SSSR count). The third-order valence-electron chi connectivity index (χ3n) is 1.27. The topological polar surface area (TPSA) is 15.6 Å². The lowest BCUT2D eigenvalue weighted by molar-refractivity contribution is -0.340. The monoisotopic (exact) mass is 266 g/mol. The summed E-state index contributed by atoms with van der Waals surface area (Å²) in [5.41, 5.74) is 0. The van der Waals surface area contributed by atoms with E-state index in [0.29, 0.717) is 5.21 Å². The van der Waals surface area contributed by atoms with Gasteiger partial charge in [-0.2, -0.15) is 30.7 Å². The number of hydrogen-bond acceptors (Lipinski definition) is 1. The Labute approximate surface area is 80.0 Å². The Balaban J connectivity index is 5.52. The van der Waals surface area contributed by atoms with E-state index in [1.54, 1.807) is 0 Å². The molecular formula is C4F10N2. The summed E-state index contributed by atoms with van der Waals surface area (Å²) in [6.07, 6.45) is -6.84. The van der Waals surface area contributed by atoms with Crippen LogP contribution in [0.1, 0.15) is 0 Å². The van der Waals surface area contributed by atoms with Crippen LogP contribution in [0, 0.1) is 0 Å². The van der Waals surface area contributed by atoms with Crippen LogP contribution < -0.4 is 0 Å². The summed E-state index contributed by atoms with van der Waals surface area (Å²) in [7, 11) is 0. The van der Waals surface area contributed by atoms with Crippen LogP contribution >= 0.6 is 0 Å². The van der Waals surface area contributed by atoms with Crippen molar-refractivity contribution in [3.8, 4) is 0 Å². The molecule has 0 N–H and O–H groups in total. The van der Waals surface area contributed by atoms with Crippen molar-refractivity contribution in [3.63, 3.8) is 0 Å². The third kappa shape index (κ3) is 2.14. The van der Waals surface area contributed by atoms with Crippen LogP contribution in [0.15, 0.2) is 5.21 Å². The van der Waals surface area contributed by atoms with Crippen molar-refractivity contribution in [1.82, 2.24) is 5.34 Å². The Hall–Kier alpha value is -1.23. The summed E-state index contributed by atoms with van der Waals surface area (Å²) >= 11 is 0. The van der Waals surface area contributed by atoms with E-state index in [-0.39, 0.29) is 0 Å². The highest BCUT2D eigenvalue weighted by molar-refractivity contribution is 5.88. The van der Waals surface area contributed by atoms with Crippen LogP contribution in [-0.4, -0.2) is 29.2 Å². The Morgan fingerprint density at radius 2 is 1.25 bits per heavy atom. The molecule has 0 aromatic rings. The van der Waals surface area contributed by atoms with Gasteiger partial charge in [0.05, 0.1) is 0 Å². The molecule has 16 heavy (non-hydrogen) atoms. The minimum absolute atomic E-state index is 0.502. The van der Waals surface area contributed by atoms with Crippen LogP contribution in [0.4, 0.5) is 44.2 Å². The van der Waals surface area contributed by atoms with Crippen molar-refractivity contribution in [2.75, 3.05) is 0 Å². The van der Waals surface area contributed by atoms with Gasteiger partial charge in [-0.3, -0.25) is 0 Å². The molecule has 2 nitrogen and oxygen atoms in total. The molecule has 96 valence electrons. The average molecular weight is 266 g/mol. The standard InChI is InChI=1S/C4F10N2/c5-2(6,1(15-12)16(13)14)3(7,8)4(9,10)11/b15-1+. The summed E-state index contributed by atoms with van der Waals surface area (Å²) in [6, 6.07) is 0. The first-order chi connectivity index (χ1) is 6.89. The Morgan fingerprint density at radius 1 is 0.875 bits per heavy atom. The zero-order valence-electron chi connectivity index (χ0n) is 6.67. The lowest BCUT2D eigenvalue weighted by Crippen LogP contribution is -2.58. The zero-order chi connectivity index (χ0) is 13.4. The molecule has 0 saturated carbocycles. The SMILES string of the molecule is F/N=C(/N(F)F)C(F)(F)C(F)(F)C(F)(F)F. The quantitative estimate of drug-likeness (QED) is 0.324. The van der Waals surface area contributed by atoms with Gasteiger partial charge in [-0.1, -0.05) is 18.7 Å². The number of hydrogen-bond donors (Lipinski definition) is 0. The minimum Gasteiger partial charge on any atom is -0.190 e. The van der Waals surface area contributed by atoms with Crippen LogP contribution in [-0.2, 0) is 0 Å². The molecule has 0 fully saturated rings. The lowest BCUT2D eigenvalue weighted by atomic mass is 10.1. The normalized spacial score (nSPS) is 15.2. The number of halogens is 10. The van der Waals surface area contributed by atoms with Gasteiger partial charge in [-0.15, -0.1) is 0 Å². The molecule has 0 aromatic heterocycles. The molecule has 0 heterocycles. The Bertz CT molecular complexity index is 277. The molecule has 0 saturated heterocycles. The zero-order valence-corrected chi connectivity index (χ0v) is 6.67. The van der Waals surface area contributed by atoms with E-state index in [4.69, 9.17) is 0 Å². The van der Waals surface area contributed by atoms with Crippen LogP contribution in [0.2, 0.25) is 0 Å². The molecular weight excluding hydrogens is 266 g/mol. The molecule has 0 aliphatic heterocycles. The van der Waals surface area contributed by atoms with E-state index in [1.807, 2.05) is 0 Å². The van der Waals surface area contributed by atoms with Gasteiger partial charge in [-0.05, 0) is 5.34 Å². The number of alkyl halides is 7. The fourth-order valence-corrected chi connectivity index (χ4v) is 0.506. The predicted octanol–water partition coefficient (Wildman–Crippen LogP) is 3.17. The smallest absolute Gasteiger partial charge is 0.190 e. The van der Waals surface area contributed by atoms with E-state index in [1.165, 1.54) is 0 Å². The molecule has 0 spiro atoms. The van der Waals surface area contributed by atoms with Gasteiger partial charge in [0.1, 0.15) is 0 Å². The molecule has 0 bridgehead atoms. The van der Waals surface area contributed by atoms with Crippen molar-refractivity contribution in [2.45, 2.75) is 18.0 Å². The molecule has 0 atom stereocenters. The maximum absolute atomic E-state index is 12.3. The van der Waals surface area contributed by atoms with Gasteiger partial charge < -0.3 is 0 Å². The van der Waals surface area contributed by atoms with E-state index in [0.717, 1.165) is 0 Å². The van der Waals surface area contributed by atoms with Gasteiger partial charge in [0, 0.05) is 0 Å². The highest BCUT2D eigenvalue weighted by atomic mass is 19.4. The lowest BCUT2D eigenvalue weighted by Gasteiger charge is -2.27. The van der Waals surface area contributed by atoms with Gasteiger partial charge in [0.15, 0.2) is 0 Å². The second-order valence-corrected chi connectivity index (χ2v) is 2.29. The third-order valence-corrected chi connectivity index (χ3v) is 1.27. The Kier molecular flexibility index (Phi) is 3.67. The number of amidine groups is 1. The highest BCUT2D eigenvalue weighted by Crippen LogP contribution is 2.47. The van der Waals surface area contributed by atoms with Crippen molar-refractivity contribution in [1.29, 1.82) is 0 Å². The van der Waals surface area contributed by atoms with Gasteiger partial charge in [0.2, 0.25) is 0 Å². The molecule has 0 aliphatic rings. The van der Waals surface area contributed by atoms with Crippen molar-refractivity contribution in [2.24, 2.45) is 5.21 Å². The second kappa shape index (κ2) is 3.97. The van der Waals surface area contributed by atoms with E-state index in [9.17, 15) is 44.2 Å². The molecule has 0 aliphatic carbocycles. The van der Waals surface area contributed by atoms with Crippen LogP contribution in [0.25, 0.3) is 0 Å². The molecule has 0 unspecified atom stereocenters. The summed E-state index contributed by atoms with van der Waals surface area (Å²) in [4.78, 5) is 0. The van der Waals surface area contributed by atoms with Gasteiger partial charge in [0.25, 0.3) is 5.84 Å². The molecule has 0 amide bonds. The van der Waals surface area contributed by atoms with Crippen molar-refractivity contribution < 1.29 is 44.2 Å². The first kappa shape index (κ1) is 14.8. The molecule has 0 radical (unpaired) electrons. The maximum atomic E-state index is 12.3. The van der Waals surface area contributed by atoms with Crippen molar-refractivity contribution >= 4 is 5.84 Å². The molecule has 12 heteroatoms. The van der Waals surface area contributed by atoms with E-state index in [2.05, 4.69) is 0 Å². The second-order valence-electron chi connectivity index (χ2n) is 2.29. The summed E-state index contributed by atoms with van der Waals surface area (Å²) in [5.74, 6) is -17.1. The minimum atomic E-state index is -6.89. The fraction of sp³-hybridized carbons (Fsp3) is 0.750. The summed E-state index contributed by atoms with van der Waals surface area (Å²) in [5, 5.41) is -2.47. The van der Waals surface area contributed by atoms with Crippen LogP contribution in [0.5, 0.6) is 0 Å². The first-order valence-electron chi connectivity index (χ1n) is 3.03. The van der Waals surface area contributed by atoms with Gasteiger partial charge >= 0.3 is 18.0 Å². The summed E-state index contributed by atoms with van der Waals surface area (Å²) in [6.45, 7) is 0. The first-order valence-corrected chi connectivity index (χ1v) is 3.03. The van der Waals surface area contributed by atoms with Crippen molar-refractivity contribution in [3.05, 3.63) is 0 Å². The predicted molar refractivity (Wildman–Crippen MR) is 28.5 cm³/mol.